The van der Waals surface area contributed by atoms with Crippen LogP contribution in [-0.4, -0.2) is 5.91 Å². The molecular weight excluding hydrogens is 152 g/mol. The monoisotopic (exact) mass is 168 g/mol. The van der Waals surface area contributed by atoms with Gasteiger partial charge >= 0.3 is 0 Å². The van der Waals surface area contributed by atoms with Crippen molar-refractivity contribution in [2.45, 2.75) is 33.1 Å². The Hall–Kier alpha value is -0.570. The van der Waals surface area contributed by atoms with Crippen molar-refractivity contribution in [3.05, 3.63) is 0 Å². The van der Waals surface area contributed by atoms with Gasteiger partial charge in [0, 0.05) is 0 Å². The highest BCUT2D eigenvalue weighted by atomic mass is 16.2. The van der Waals surface area contributed by atoms with E-state index in [2.05, 4.69) is 19.3 Å². The first-order valence-corrected chi connectivity index (χ1v) is 4.56. The van der Waals surface area contributed by atoms with Gasteiger partial charge in [0.2, 0.25) is 5.91 Å². The molecule has 0 heterocycles. The molecule has 3 aliphatic rings. The summed E-state index contributed by atoms with van der Waals surface area (Å²) in [5, 5.41) is 0. The van der Waals surface area contributed by atoms with E-state index >= 15 is 0 Å². The highest BCUT2D eigenvalue weighted by Crippen LogP contribution is 2.70. The van der Waals surface area contributed by atoms with E-state index in [9.17, 15) is 4.79 Å². The quantitative estimate of drug-likeness (QED) is 0.346. The summed E-state index contributed by atoms with van der Waals surface area (Å²) in [6, 6.07) is 0. The van der Waals surface area contributed by atoms with Crippen LogP contribution in [0, 0.1) is 16.7 Å². The molecule has 2 bridgehead atoms. The second kappa shape index (κ2) is 2.02. The molecule has 2 atom stereocenters. The molecule has 3 heteroatoms. The fourth-order valence-corrected chi connectivity index (χ4v) is 3.14. The summed E-state index contributed by atoms with van der Waals surface area (Å²) in [4.78, 5) is 11.6. The summed E-state index contributed by atoms with van der Waals surface area (Å²) < 4.78 is 0. The molecule has 0 aromatic carbocycles. The maximum Gasteiger partial charge on any atom is 0.240 e. The maximum atomic E-state index is 11.6. The van der Waals surface area contributed by atoms with Gasteiger partial charge in [0.25, 0.3) is 0 Å². The van der Waals surface area contributed by atoms with Crippen LogP contribution < -0.4 is 11.3 Å². The first-order valence-electron chi connectivity index (χ1n) is 4.56. The number of amides is 1. The standard InChI is InChI=1S/C9H16N2O/c1-8(2)6-3-4-9(8,5-6)7(12)11-10/h6H,3-5,10H2,1-2H3,(H,11,12)/t6-,9-/m1/s1. The third kappa shape index (κ3) is 0.600. The molecule has 12 heavy (non-hydrogen) atoms. The Labute approximate surface area is 72.7 Å². The van der Waals surface area contributed by atoms with Crippen LogP contribution in [0.1, 0.15) is 33.1 Å². The minimum absolute atomic E-state index is 0.0428. The summed E-state index contributed by atoms with van der Waals surface area (Å²) in [7, 11) is 0. The van der Waals surface area contributed by atoms with Gasteiger partial charge in [-0.05, 0) is 30.6 Å². The normalized spacial score (nSPS) is 42.1. The van der Waals surface area contributed by atoms with Crippen molar-refractivity contribution in [3.8, 4) is 0 Å². The first-order chi connectivity index (χ1) is 5.54. The number of hydrazine groups is 1. The van der Waals surface area contributed by atoms with E-state index in [1.165, 1.54) is 6.42 Å². The zero-order valence-corrected chi connectivity index (χ0v) is 7.68. The summed E-state index contributed by atoms with van der Waals surface area (Å²) in [5.41, 5.74) is 2.35. The van der Waals surface area contributed by atoms with Gasteiger partial charge in [0.05, 0.1) is 5.41 Å². The molecule has 0 aromatic rings. The molecule has 3 N–H and O–H groups in total. The molecule has 3 rings (SSSR count). The highest BCUT2D eigenvalue weighted by molar-refractivity contribution is 5.85. The topological polar surface area (TPSA) is 55.1 Å². The predicted molar refractivity (Wildman–Crippen MR) is 45.9 cm³/mol. The lowest BCUT2D eigenvalue weighted by Crippen LogP contribution is -2.58. The number of nitrogens with two attached hydrogens (primary N) is 1. The Morgan fingerprint density at radius 2 is 2.25 bits per heavy atom. The van der Waals surface area contributed by atoms with Crippen molar-refractivity contribution in [2.24, 2.45) is 22.6 Å². The lowest BCUT2D eigenvalue weighted by atomic mass is 9.50. The number of fused-ring (bicyclic) bond motifs is 1. The van der Waals surface area contributed by atoms with Crippen molar-refractivity contribution in [1.29, 1.82) is 0 Å². The number of carbonyl (C=O) groups is 1. The second-order valence-corrected chi connectivity index (χ2v) is 4.72. The molecule has 0 aliphatic heterocycles. The molecule has 0 radical (unpaired) electrons. The molecule has 68 valence electrons. The van der Waals surface area contributed by atoms with Crippen LogP contribution in [0.4, 0.5) is 0 Å². The Morgan fingerprint density at radius 3 is 2.58 bits per heavy atom. The Bertz CT molecular complexity index is 233. The van der Waals surface area contributed by atoms with E-state index in [1.54, 1.807) is 0 Å². The maximum absolute atomic E-state index is 11.6. The lowest BCUT2D eigenvalue weighted by Gasteiger charge is -2.53. The zero-order valence-electron chi connectivity index (χ0n) is 7.68. The molecule has 3 aliphatic carbocycles. The summed E-state index contributed by atoms with van der Waals surface area (Å²) >= 11 is 0. The number of hydrogen-bond donors (Lipinski definition) is 2. The van der Waals surface area contributed by atoms with Crippen LogP contribution in [0.2, 0.25) is 0 Å². The van der Waals surface area contributed by atoms with E-state index in [-0.39, 0.29) is 16.7 Å². The average Bonchev–Trinajstić information content (AvgIpc) is 2.58. The van der Waals surface area contributed by atoms with Crippen LogP contribution in [0.5, 0.6) is 0 Å². The lowest BCUT2D eigenvalue weighted by molar-refractivity contribution is -0.151. The Kier molecular flexibility index (Phi) is 1.35. The van der Waals surface area contributed by atoms with Crippen molar-refractivity contribution < 1.29 is 4.79 Å². The van der Waals surface area contributed by atoms with Gasteiger partial charge in [0.15, 0.2) is 0 Å². The third-order valence-electron chi connectivity index (χ3n) is 4.33. The third-order valence-corrected chi connectivity index (χ3v) is 4.33. The van der Waals surface area contributed by atoms with Crippen LogP contribution in [0.25, 0.3) is 0 Å². The van der Waals surface area contributed by atoms with Crippen LogP contribution in [-0.2, 0) is 4.79 Å². The highest BCUT2D eigenvalue weighted by Gasteiger charge is 2.68. The van der Waals surface area contributed by atoms with E-state index in [0.717, 1.165) is 18.8 Å². The van der Waals surface area contributed by atoms with Crippen LogP contribution in [0.3, 0.4) is 0 Å². The first kappa shape index (κ1) is 8.05. The van der Waals surface area contributed by atoms with Crippen molar-refractivity contribution in [1.82, 2.24) is 5.43 Å². The van der Waals surface area contributed by atoms with E-state index in [1.807, 2.05) is 0 Å². The summed E-state index contributed by atoms with van der Waals surface area (Å²) in [5.74, 6) is 5.97. The average molecular weight is 168 g/mol. The van der Waals surface area contributed by atoms with Gasteiger partial charge in [-0.25, -0.2) is 5.84 Å². The fourth-order valence-electron chi connectivity index (χ4n) is 3.14. The smallest absolute Gasteiger partial charge is 0.240 e. The zero-order chi connectivity index (χ0) is 8.98. The molecular formula is C9H16N2O. The number of nitrogens with one attached hydrogen (secondary N) is 1. The Balaban J connectivity index is 2.29. The van der Waals surface area contributed by atoms with Gasteiger partial charge in [-0.3, -0.25) is 10.2 Å². The molecule has 3 saturated carbocycles. The summed E-state index contributed by atoms with van der Waals surface area (Å²) in [6.45, 7) is 4.37. The predicted octanol–water partition coefficient (Wildman–Crippen LogP) is 0.803. The molecule has 0 saturated heterocycles. The SMILES string of the molecule is CC1(C)[C@@H]2CC[C@]1(C(=O)NN)C2. The summed E-state index contributed by atoms with van der Waals surface area (Å²) in [6.07, 6.45) is 3.26. The number of carbonyl (C=O) groups excluding carboxylic acids is 1. The molecule has 3 nitrogen and oxygen atoms in total. The number of hydrogen-bond acceptors (Lipinski definition) is 2. The molecule has 1 amide bonds. The van der Waals surface area contributed by atoms with Gasteiger partial charge in [-0.1, -0.05) is 13.8 Å². The molecule has 0 unspecified atom stereocenters. The molecule has 0 aromatic heterocycles. The Morgan fingerprint density at radius 1 is 1.58 bits per heavy atom. The van der Waals surface area contributed by atoms with E-state index < -0.39 is 0 Å². The second-order valence-electron chi connectivity index (χ2n) is 4.72. The molecule has 3 fully saturated rings. The van der Waals surface area contributed by atoms with Gasteiger partial charge in [0.1, 0.15) is 0 Å². The minimum atomic E-state index is -0.133. The number of rotatable bonds is 1. The van der Waals surface area contributed by atoms with Gasteiger partial charge < -0.3 is 0 Å². The fraction of sp³-hybridized carbons (Fsp3) is 0.889. The van der Waals surface area contributed by atoms with Crippen molar-refractivity contribution >= 4 is 5.91 Å². The van der Waals surface area contributed by atoms with E-state index in [4.69, 9.17) is 5.84 Å². The molecule has 0 spiro atoms. The van der Waals surface area contributed by atoms with Crippen molar-refractivity contribution in [2.75, 3.05) is 0 Å². The van der Waals surface area contributed by atoms with Crippen LogP contribution in [0.15, 0.2) is 0 Å². The van der Waals surface area contributed by atoms with Crippen molar-refractivity contribution in [3.63, 3.8) is 0 Å². The largest absolute Gasteiger partial charge is 0.294 e. The van der Waals surface area contributed by atoms with Gasteiger partial charge in [-0.15, -0.1) is 0 Å². The minimum Gasteiger partial charge on any atom is -0.294 e. The van der Waals surface area contributed by atoms with E-state index in [0.29, 0.717) is 0 Å². The van der Waals surface area contributed by atoms with Gasteiger partial charge in [-0.2, -0.15) is 0 Å². The van der Waals surface area contributed by atoms with Crippen LogP contribution >= 0.6 is 0 Å².